The van der Waals surface area contributed by atoms with E-state index in [2.05, 4.69) is 9.47 Å². The molecule has 2 rings (SSSR count). The van der Waals surface area contributed by atoms with E-state index in [-0.39, 0.29) is 16.9 Å². The summed E-state index contributed by atoms with van der Waals surface area (Å²) in [6, 6.07) is 3.42. The number of Topliss-reactive ketones (excluding diaryl/α,β-unsaturated/α-hetero) is 1. The van der Waals surface area contributed by atoms with E-state index in [1.54, 1.807) is 0 Å². The van der Waals surface area contributed by atoms with Crippen LogP contribution < -0.4 is 4.74 Å². The highest BCUT2D eigenvalue weighted by atomic mass is 19.3. The molecule has 0 aromatic heterocycles. The van der Waals surface area contributed by atoms with Crippen LogP contribution in [-0.4, -0.2) is 25.0 Å². The first kappa shape index (κ1) is 10.5. The molecule has 0 bridgehead atoms. The highest BCUT2D eigenvalue weighted by Crippen LogP contribution is 2.37. The number of hydrogen-bond acceptors (Lipinski definition) is 4. The van der Waals surface area contributed by atoms with Gasteiger partial charge in [0.2, 0.25) is 0 Å². The van der Waals surface area contributed by atoms with E-state index in [0.29, 0.717) is 0 Å². The van der Waals surface area contributed by atoms with Crippen LogP contribution in [0.2, 0.25) is 0 Å². The molecule has 0 N–H and O–H groups in total. The number of methoxy groups -OCH3 is 1. The smallest absolute Gasteiger partial charge is 0.465 e. The number of halogens is 2. The third-order valence-corrected chi connectivity index (χ3v) is 2.15. The van der Waals surface area contributed by atoms with Gasteiger partial charge in [0.1, 0.15) is 5.75 Å². The number of carbonyl (C=O) groups excluding carboxylic acids is 2. The normalized spacial score (nSPS) is 16.6. The topological polar surface area (TPSA) is 52.6 Å². The lowest BCUT2D eigenvalue weighted by molar-refractivity contribution is -0.123. The molecule has 0 amide bonds. The maximum atomic E-state index is 12.9. The predicted molar refractivity (Wildman–Crippen MR) is 47.7 cm³/mol. The van der Waals surface area contributed by atoms with E-state index in [0.717, 1.165) is 19.2 Å². The third kappa shape index (κ3) is 1.42. The van der Waals surface area contributed by atoms with Gasteiger partial charge in [0, 0.05) is 0 Å². The van der Waals surface area contributed by atoms with Gasteiger partial charge in [0.15, 0.2) is 0 Å². The van der Waals surface area contributed by atoms with E-state index in [9.17, 15) is 18.4 Å². The number of benzene rings is 1. The van der Waals surface area contributed by atoms with E-state index in [1.165, 1.54) is 6.07 Å². The molecule has 0 atom stereocenters. The van der Waals surface area contributed by atoms with Crippen molar-refractivity contribution < 1.29 is 27.8 Å². The van der Waals surface area contributed by atoms with Gasteiger partial charge in [-0.05, 0) is 18.2 Å². The summed E-state index contributed by atoms with van der Waals surface area (Å²) in [7, 11) is 1.16. The highest BCUT2D eigenvalue weighted by Gasteiger charge is 2.50. The van der Waals surface area contributed by atoms with Crippen LogP contribution in [0.5, 0.6) is 5.75 Å². The number of ketones is 1. The van der Waals surface area contributed by atoms with Gasteiger partial charge < -0.3 is 9.47 Å². The van der Waals surface area contributed by atoms with Crippen LogP contribution in [0.1, 0.15) is 20.7 Å². The molecule has 1 heterocycles. The van der Waals surface area contributed by atoms with Crippen molar-refractivity contribution in [3.05, 3.63) is 29.3 Å². The molecule has 16 heavy (non-hydrogen) atoms. The Morgan fingerprint density at radius 1 is 1.44 bits per heavy atom. The minimum atomic E-state index is -3.85. The van der Waals surface area contributed by atoms with Crippen LogP contribution in [0.3, 0.4) is 0 Å². The second-order valence-corrected chi connectivity index (χ2v) is 3.15. The average Bonchev–Trinajstić information content (AvgIpc) is 2.48. The van der Waals surface area contributed by atoms with Crippen molar-refractivity contribution in [3.63, 3.8) is 0 Å². The monoisotopic (exact) mass is 228 g/mol. The fourth-order valence-corrected chi connectivity index (χ4v) is 1.38. The molecular formula is C10H6F2O4. The fourth-order valence-electron chi connectivity index (χ4n) is 1.38. The summed E-state index contributed by atoms with van der Waals surface area (Å²) in [5.74, 6) is -2.39. The van der Waals surface area contributed by atoms with Crippen LogP contribution in [-0.2, 0) is 4.74 Å². The molecule has 0 aliphatic carbocycles. The number of ether oxygens (including phenoxy) is 2. The molecule has 84 valence electrons. The summed E-state index contributed by atoms with van der Waals surface area (Å²) in [4.78, 5) is 22.3. The molecule has 1 aliphatic rings. The van der Waals surface area contributed by atoms with Gasteiger partial charge in [-0.2, -0.15) is 8.78 Å². The van der Waals surface area contributed by atoms with Crippen molar-refractivity contribution >= 4 is 11.8 Å². The first-order valence-electron chi connectivity index (χ1n) is 4.29. The minimum absolute atomic E-state index is 0.0240. The van der Waals surface area contributed by atoms with E-state index < -0.39 is 17.9 Å². The fraction of sp³-hybridized carbons (Fsp3) is 0.200. The second kappa shape index (κ2) is 3.26. The van der Waals surface area contributed by atoms with Crippen molar-refractivity contribution in [2.24, 2.45) is 0 Å². The van der Waals surface area contributed by atoms with Crippen LogP contribution in [0.25, 0.3) is 0 Å². The summed E-state index contributed by atoms with van der Waals surface area (Å²) in [5.41, 5.74) is -0.288. The first-order chi connectivity index (χ1) is 7.45. The molecular weight excluding hydrogens is 222 g/mol. The van der Waals surface area contributed by atoms with Crippen LogP contribution in [0.15, 0.2) is 18.2 Å². The summed E-state index contributed by atoms with van der Waals surface area (Å²) < 4.78 is 34.3. The molecule has 1 aromatic rings. The largest absolute Gasteiger partial charge is 0.466 e. The number of alkyl halides is 2. The van der Waals surface area contributed by atoms with Crippen LogP contribution >= 0.6 is 0 Å². The molecule has 1 aromatic carbocycles. The van der Waals surface area contributed by atoms with Gasteiger partial charge in [-0.3, -0.25) is 4.79 Å². The number of rotatable bonds is 1. The number of carbonyl (C=O) groups is 2. The molecule has 6 heteroatoms. The molecule has 4 nitrogen and oxygen atoms in total. The minimum Gasteiger partial charge on any atom is -0.465 e. The molecule has 0 radical (unpaired) electrons. The summed E-state index contributed by atoms with van der Waals surface area (Å²) in [6.07, 6.45) is -3.85. The Balaban J connectivity index is 2.47. The Morgan fingerprint density at radius 3 is 2.75 bits per heavy atom. The van der Waals surface area contributed by atoms with Gasteiger partial charge in [-0.25, -0.2) is 4.79 Å². The maximum Gasteiger partial charge on any atom is 0.466 e. The van der Waals surface area contributed by atoms with Gasteiger partial charge >= 0.3 is 12.1 Å². The SMILES string of the molecule is COC(=O)c1ccc2c(c1)C(=O)C(F)(F)O2. The zero-order valence-electron chi connectivity index (χ0n) is 8.12. The lowest BCUT2D eigenvalue weighted by atomic mass is 10.1. The lowest BCUT2D eigenvalue weighted by Gasteiger charge is -2.04. The van der Waals surface area contributed by atoms with Gasteiger partial charge in [0.05, 0.1) is 18.2 Å². The van der Waals surface area contributed by atoms with Crippen LogP contribution in [0, 0.1) is 0 Å². The van der Waals surface area contributed by atoms with Crippen molar-refractivity contribution in [1.29, 1.82) is 0 Å². The zero-order chi connectivity index (χ0) is 11.9. The molecule has 0 unspecified atom stereocenters. The molecule has 0 fully saturated rings. The van der Waals surface area contributed by atoms with E-state index >= 15 is 0 Å². The average molecular weight is 228 g/mol. The molecule has 0 saturated carbocycles. The third-order valence-electron chi connectivity index (χ3n) is 2.15. The van der Waals surface area contributed by atoms with Gasteiger partial charge in [0.25, 0.3) is 5.78 Å². The van der Waals surface area contributed by atoms with E-state index in [1.807, 2.05) is 0 Å². The molecule has 0 spiro atoms. The number of hydrogen-bond donors (Lipinski definition) is 0. The summed E-state index contributed by atoms with van der Waals surface area (Å²) >= 11 is 0. The van der Waals surface area contributed by atoms with Crippen molar-refractivity contribution in [2.75, 3.05) is 7.11 Å². The number of esters is 1. The predicted octanol–water partition coefficient (Wildman–Crippen LogP) is 1.64. The van der Waals surface area contributed by atoms with E-state index in [4.69, 9.17) is 0 Å². The summed E-state index contributed by atoms with van der Waals surface area (Å²) in [5, 5.41) is 0. The first-order valence-corrected chi connectivity index (χ1v) is 4.29. The van der Waals surface area contributed by atoms with Gasteiger partial charge in [-0.1, -0.05) is 0 Å². The Morgan fingerprint density at radius 2 is 2.12 bits per heavy atom. The Hall–Kier alpha value is -1.98. The zero-order valence-corrected chi connectivity index (χ0v) is 8.12. The molecule has 0 saturated heterocycles. The van der Waals surface area contributed by atoms with Crippen LogP contribution in [0.4, 0.5) is 8.78 Å². The molecule has 1 aliphatic heterocycles. The Kier molecular flexibility index (Phi) is 2.15. The summed E-state index contributed by atoms with van der Waals surface area (Å²) in [6.45, 7) is 0. The second-order valence-electron chi connectivity index (χ2n) is 3.15. The Labute approximate surface area is 88.8 Å². The lowest BCUT2D eigenvalue weighted by Crippen LogP contribution is -2.28. The number of fused-ring (bicyclic) bond motifs is 1. The van der Waals surface area contributed by atoms with Crippen molar-refractivity contribution in [1.82, 2.24) is 0 Å². The Bertz CT molecular complexity index is 482. The van der Waals surface area contributed by atoms with Gasteiger partial charge in [-0.15, -0.1) is 0 Å². The quantitative estimate of drug-likeness (QED) is 0.685. The standard InChI is InChI=1S/C10H6F2O4/c1-15-9(14)5-2-3-7-6(4-5)8(13)10(11,12)16-7/h2-4H,1H3. The van der Waals surface area contributed by atoms with Crippen molar-refractivity contribution in [2.45, 2.75) is 6.11 Å². The highest BCUT2D eigenvalue weighted by molar-refractivity contribution is 6.07. The maximum absolute atomic E-state index is 12.9. The van der Waals surface area contributed by atoms with Crippen molar-refractivity contribution in [3.8, 4) is 5.75 Å².